The highest BCUT2D eigenvalue weighted by Gasteiger charge is 2.20. The number of aromatic nitrogens is 2. The van der Waals surface area contributed by atoms with Crippen LogP contribution < -0.4 is 30.8 Å². The highest BCUT2D eigenvalue weighted by molar-refractivity contribution is 6.30. The fourth-order valence-electron chi connectivity index (χ4n) is 3.77. The number of halogens is 1. The van der Waals surface area contributed by atoms with Gasteiger partial charge in [-0.3, -0.25) is 14.2 Å². The van der Waals surface area contributed by atoms with Crippen LogP contribution in [0.3, 0.4) is 0 Å². The lowest BCUT2D eigenvalue weighted by Gasteiger charge is -2.17. The number of ether oxygens (including phenoxy) is 3. The molecule has 1 amide bonds. The molecule has 10 heteroatoms. The van der Waals surface area contributed by atoms with Gasteiger partial charge in [-0.2, -0.15) is 0 Å². The van der Waals surface area contributed by atoms with Crippen LogP contribution in [0.25, 0.3) is 16.6 Å². The van der Waals surface area contributed by atoms with Gasteiger partial charge in [-0.15, -0.1) is 0 Å². The highest BCUT2D eigenvalue weighted by Crippen LogP contribution is 2.31. The molecule has 35 heavy (non-hydrogen) atoms. The third kappa shape index (κ3) is 4.58. The smallest absolute Gasteiger partial charge is 0.336 e. The molecule has 0 aliphatic carbocycles. The molecule has 0 radical (unpaired) electrons. The number of nitrogens with zero attached hydrogens (tertiary/aromatic N) is 2. The minimum absolute atomic E-state index is 0.160. The van der Waals surface area contributed by atoms with Crippen molar-refractivity contribution < 1.29 is 19.0 Å². The van der Waals surface area contributed by atoms with E-state index in [9.17, 15) is 14.4 Å². The number of benzene rings is 3. The van der Waals surface area contributed by atoms with E-state index in [2.05, 4.69) is 5.32 Å². The molecule has 0 bridgehead atoms. The third-order valence-corrected chi connectivity index (χ3v) is 5.63. The van der Waals surface area contributed by atoms with Gasteiger partial charge in [-0.05, 0) is 36.4 Å². The summed E-state index contributed by atoms with van der Waals surface area (Å²) in [5.41, 5.74) is -0.379. The lowest BCUT2D eigenvalue weighted by molar-refractivity contribution is -0.116. The van der Waals surface area contributed by atoms with Crippen LogP contribution in [0.4, 0.5) is 5.69 Å². The zero-order valence-electron chi connectivity index (χ0n) is 19.2. The largest absolute Gasteiger partial charge is 0.495 e. The normalized spacial score (nSPS) is 10.7. The third-order valence-electron chi connectivity index (χ3n) is 5.40. The Hall–Kier alpha value is -4.24. The fraction of sp³-hybridized carbons (Fsp3) is 0.160. The van der Waals surface area contributed by atoms with Crippen molar-refractivity contribution in [3.63, 3.8) is 0 Å². The van der Waals surface area contributed by atoms with Crippen LogP contribution in [0.15, 0.2) is 70.3 Å². The van der Waals surface area contributed by atoms with Gasteiger partial charge in [0.05, 0.1) is 43.6 Å². The zero-order chi connectivity index (χ0) is 25.1. The Morgan fingerprint density at radius 1 is 0.886 bits per heavy atom. The molecule has 0 fully saturated rings. The number of carbonyl (C=O) groups is 1. The fourth-order valence-corrected chi connectivity index (χ4v) is 3.96. The van der Waals surface area contributed by atoms with Crippen molar-refractivity contribution in [1.29, 1.82) is 0 Å². The molecular formula is C25H22ClN3O6. The molecule has 0 atom stereocenters. The number of hydrogen-bond donors (Lipinski definition) is 1. The Bertz CT molecular complexity index is 1540. The summed E-state index contributed by atoms with van der Waals surface area (Å²) in [5.74, 6) is 0.578. The molecule has 9 nitrogen and oxygen atoms in total. The topological polar surface area (TPSA) is 101 Å². The number of carbonyl (C=O) groups excluding carboxylic acids is 1. The van der Waals surface area contributed by atoms with Crippen molar-refractivity contribution in [1.82, 2.24) is 9.13 Å². The van der Waals surface area contributed by atoms with E-state index in [0.29, 0.717) is 28.0 Å². The molecule has 0 aliphatic rings. The summed E-state index contributed by atoms with van der Waals surface area (Å²) < 4.78 is 18.1. The van der Waals surface area contributed by atoms with Gasteiger partial charge in [0.2, 0.25) is 5.91 Å². The summed E-state index contributed by atoms with van der Waals surface area (Å²) >= 11 is 6.11. The molecular weight excluding hydrogens is 474 g/mol. The van der Waals surface area contributed by atoms with Crippen LogP contribution in [0.5, 0.6) is 17.2 Å². The second kappa shape index (κ2) is 9.94. The van der Waals surface area contributed by atoms with E-state index in [0.717, 1.165) is 4.57 Å². The molecule has 0 saturated heterocycles. The number of anilines is 1. The molecule has 0 saturated carbocycles. The van der Waals surface area contributed by atoms with E-state index in [1.807, 2.05) is 0 Å². The number of rotatable bonds is 7. The quantitative estimate of drug-likeness (QED) is 0.421. The predicted octanol–water partition coefficient (Wildman–Crippen LogP) is 3.47. The summed E-state index contributed by atoms with van der Waals surface area (Å²) in [6.45, 7) is -0.385. The molecule has 4 rings (SSSR count). The van der Waals surface area contributed by atoms with Crippen LogP contribution in [0.2, 0.25) is 5.02 Å². The van der Waals surface area contributed by atoms with Gasteiger partial charge in [0.1, 0.15) is 12.3 Å². The first-order valence-electron chi connectivity index (χ1n) is 10.5. The molecule has 1 heterocycles. The molecule has 0 spiro atoms. The first-order valence-corrected chi connectivity index (χ1v) is 10.9. The number of methoxy groups -OCH3 is 3. The average Bonchev–Trinajstić information content (AvgIpc) is 2.86. The van der Waals surface area contributed by atoms with E-state index in [4.69, 9.17) is 25.8 Å². The van der Waals surface area contributed by atoms with Gasteiger partial charge < -0.3 is 19.5 Å². The molecule has 1 N–H and O–H groups in total. The van der Waals surface area contributed by atoms with Crippen LogP contribution in [0, 0.1) is 0 Å². The summed E-state index contributed by atoms with van der Waals surface area (Å²) in [6, 6.07) is 16.2. The van der Waals surface area contributed by atoms with Gasteiger partial charge in [0, 0.05) is 11.1 Å². The van der Waals surface area contributed by atoms with Crippen LogP contribution in [0.1, 0.15) is 0 Å². The summed E-state index contributed by atoms with van der Waals surface area (Å²) in [4.78, 5) is 40.0. The van der Waals surface area contributed by atoms with Crippen molar-refractivity contribution in [2.24, 2.45) is 0 Å². The maximum absolute atomic E-state index is 13.6. The molecule has 0 aliphatic heterocycles. The standard InChI is InChI=1S/C25H22ClN3O6/c1-33-20-10-5-4-9-18(20)27-23(30)14-28-19-13-22(35-3)21(34-2)12-17(19)24(31)29(25(28)32)16-8-6-7-15(26)11-16/h4-13H,14H2,1-3H3,(H,27,30). The first-order chi connectivity index (χ1) is 16.9. The van der Waals surface area contributed by atoms with Crippen LogP contribution in [-0.2, 0) is 11.3 Å². The van der Waals surface area contributed by atoms with Gasteiger partial charge in [0.25, 0.3) is 5.56 Å². The Morgan fingerprint density at radius 3 is 2.26 bits per heavy atom. The van der Waals surface area contributed by atoms with Crippen LogP contribution >= 0.6 is 11.6 Å². The number of para-hydroxylation sites is 2. The van der Waals surface area contributed by atoms with Gasteiger partial charge in [-0.1, -0.05) is 29.8 Å². The summed E-state index contributed by atoms with van der Waals surface area (Å²) in [7, 11) is 4.37. The van der Waals surface area contributed by atoms with E-state index in [-0.39, 0.29) is 23.1 Å². The minimum atomic E-state index is -0.716. The van der Waals surface area contributed by atoms with E-state index >= 15 is 0 Å². The van der Waals surface area contributed by atoms with E-state index < -0.39 is 17.2 Å². The average molecular weight is 496 g/mol. The molecule has 4 aromatic rings. The second-order valence-electron chi connectivity index (χ2n) is 7.46. The summed E-state index contributed by atoms with van der Waals surface area (Å²) in [6.07, 6.45) is 0. The number of fused-ring (bicyclic) bond motifs is 1. The maximum Gasteiger partial charge on any atom is 0.336 e. The Kier molecular flexibility index (Phi) is 6.79. The van der Waals surface area contributed by atoms with Crippen molar-refractivity contribution in [2.75, 3.05) is 26.6 Å². The van der Waals surface area contributed by atoms with Gasteiger partial charge in [-0.25, -0.2) is 9.36 Å². The Labute approximate surface area is 205 Å². The maximum atomic E-state index is 13.6. The van der Waals surface area contributed by atoms with Crippen molar-refractivity contribution in [2.45, 2.75) is 6.54 Å². The van der Waals surface area contributed by atoms with Crippen molar-refractivity contribution in [3.8, 4) is 22.9 Å². The van der Waals surface area contributed by atoms with E-state index in [1.165, 1.54) is 44.1 Å². The lowest BCUT2D eigenvalue weighted by atomic mass is 10.2. The highest BCUT2D eigenvalue weighted by atomic mass is 35.5. The van der Waals surface area contributed by atoms with Crippen LogP contribution in [-0.4, -0.2) is 36.4 Å². The monoisotopic (exact) mass is 495 g/mol. The minimum Gasteiger partial charge on any atom is -0.495 e. The molecule has 3 aromatic carbocycles. The van der Waals surface area contributed by atoms with Crippen molar-refractivity contribution in [3.05, 3.63) is 86.5 Å². The molecule has 180 valence electrons. The van der Waals surface area contributed by atoms with Gasteiger partial charge >= 0.3 is 5.69 Å². The van der Waals surface area contributed by atoms with Crippen molar-refractivity contribution >= 4 is 34.1 Å². The number of hydrogen-bond acceptors (Lipinski definition) is 6. The lowest BCUT2D eigenvalue weighted by Crippen LogP contribution is -2.40. The number of nitrogens with one attached hydrogen (secondary N) is 1. The summed E-state index contributed by atoms with van der Waals surface area (Å²) in [5, 5.41) is 3.26. The number of amides is 1. The second-order valence-corrected chi connectivity index (χ2v) is 7.90. The first kappa shape index (κ1) is 23.9. The Balaban J connectivity index is 1.93. The van der Waals surface area contributed by atoms with Gasteiger partial charge in [0.15, 0.2) is 11.5 Å². The van der Waals surface area contributed by atoms with E-state index in [1.54, 1.807) is 42.5 Å². The molecule has 1 aromatic heterocycles. The molecule has 0 unspecified atom stereocenters. The SMILES string of the molecule is COc1ccccc1NC(=O)Cn1c(=O)n(-c2cccc(Cl)c2)c(=O)c2cc(OC)c(OC)cc21. The predicted molar refractivity (Wildman–Crippen MR) is 134 cm³/mol. The Morgan fingerprint density at radius 2 is 1.57 bits per heavy atom. The zero-order valence-corrected chi connectivity index (χ0v) is 20.0.